The van der Waals surface area contributed by atoms with Crippen molar-refractivity contribution < 1.29 is 9.90 Å². The number of piperidine rings is 1. The zero-order valence-corrected chi connectivity index (χ0v) is 20.8. The Hall–Kier alpha value is -2.95. The number of hydrogen-bond acceptors (Lipinski definition) is 3. The first-order chi connectivity index (χ1) is 17.7. The molecule has 0 bridgehead atoms. The summed E-state index contributed by atoms with van der Waals surface area (Å²) in [5.74, 6) is 1.49. The average molecular weight is 481 g/mol. The van der Waals surface area contributed by atoms with E-state index in [1.54, 1.807) is 0 Å². The second-order valence-electron chi connectivity index (χ2n) is 11.0. The van der Waals surface area contributed by atoms with E-state index in [9.17, 15) is 9.90 Å². The van der Waals surface area contributed by atoms with Gasteiger partial charge in [-0.2, -0.15) is 0 Å². The minimum Gasteiger partial charge on any atom is -0.375 e. The van der Waals surface area contributed by atoms with Crippen LogP contribution in [0.15, 0.2) is 91.0 Å². The highest BCUT2D eigenvalue weighted by Gasteiger charge is 2.57. The molecule has 2 saturated carbocycles. The molecule has 0 radical (unpaired) electrons. The monoisotopic (exact) mass is 480 g/mol. The van der Waals surface area contributed by atoms with Crippen molar-refractivity contribution in [3.8, 4) is 0 Å². The molecule has 3 fully saturated rings. The Balaban J connectivity index is 1.12. The van der Waals surface area contributed by atoms with Crippen LogP contribution in [0.25, 0.3) is 0 Å². The highest BCUT2D eigenvalue weighted by molar-refractivity contribution is 5.86. The van der Waals surface area contributed by atoms with Crippen molar-refractivity contribution in [3.05, 3.63) is 108 Å². The van der Waals surface area contributed by atoms with Crippen LogP contribution in [0.4, 0.5) is 0 Å². The van der Waals surface area contributed by atoms with E-state index < -0.39 is 5.60 Å². The van der Waals surface area contributed by atoms with E-state index in [1.807, 2.05) is 30.3 Å². The van der Waals surface area contributed by atoms with Gasteiger partial charge >= 0.3 is 0 Å². The molecular formula is C32H36N2O2. The molecule has 1 heterocycles. The van der Waals surface area contributed by atoms with Gasteiger partial charge in [-0.25, -0.2) is 0 Å². The van der Waals surface area contributed by atoms with Crippen molar-refractivity contribution in [1.82, 2.24) is 10.2 Å². The molecule has 4 atom stereocenters. The van der Waals surface area contributed by atoms with Crippen LogP contribution in [0, 0.1) is 23.7 Å². The number of nitrogens with one attached hydrogen (secondary N) is 1. The minimum atomic E-state index is -1.43. The van der Waals surface area contributed by atoms with Gasteiger partial charge in [0.25, 0.3) is 5.91 Å². The minimum absolute atomic E-state index is 0.00778. The van der Waals surface area contributed by atoms with Gasteiger partial charge in [0.2, 0.25) is 0 Å². The van der Waals surface area contributed by atoms with Crippen molar-refractivity contribution in [3.63, 3.8) is 0 Å². The van der Waals surface area contributed by atoms with Gasteiger partial charge in [-0.15, -0.1) is 0 Å². The first kappa shape index (κ1) is 23.4. The highest BCUT2D eigenvalue weighted by atomic mass is 16.3. The molecule has 0 spiro atoms. The molecule has 4 heteroatoms. The number of aliphatic hydroxyl groups is 1. The highest BCUT2D eigenvalue weighted by Crippen LogP contribution is 2.54. The van der Waals surface area contributed by atoms with Crippen molar-refractivity contribution in [2.75, 3.05) is 19.6 Å². The van der Waals surface area contributed by atoms with E-state index in [0.29, 0.717) is 24.3 Å². The fraction of sp³-hybridized carbons (Fsp3) is 0.406. The van der Waals surface area contributed by atoms with Crippen LogP contribution in [-0.4, -0.2) is 35.5 Å². The molecule has 3 aromatic carbocycles. The van der Waals surface area contributed by atoms with Crippen molar-refractivity contribution in [2.24, 2.45) is 23.7 Å². The van der Waals surface area contributed by atoms with Gasteiger partial charge in [-0.05, 0) is 47.3 Å². The Kier molecular flexibility index (Phi) is 6.41. The third kappa shape index (κ3) is 4.27. The van der Waals surface area contributed by atoms with Crippen LogP contribution < -0.4 is 5.32 Å². The molecule has 36 heavy (non-hydrogen) atoms. The predicted molar refractivity (Wildman–Crippen MR) is 142 cm³/mol. The van der Waals surface area contributed by atoms with E-state index in [1.165, 1.54) is 11.1 Å². The number of nitrogens with zero attached hydrogens (tertiary/aromatic N) is 1. The van der Waals surface area contributed by atoms with Crippen LogP contribution in [0.5, 0.6) is 0 Å². The lowest BCUT2D eigenvalue weighted by Gasteiger charge is -2.33. The normalized spacial score (nSPS) is 25.4. The number of carbonyl (C=O) groups is 1. The standard InChI is InChI=1S/C32H36N2O2/c35-31(32(36,26-18-10-11-19-26)25-16-8-3-9-17-25)33-20-27-28-21-34(22-29(27)28)30(23-12-4-1-5-13-23)24-14-6-2-7-15-24/h1-9,12-17,26-30,36H,10-11,18-22H2,(H,33,35)/t27?,28-,29?,32-/m1/s1. The summed E-state index contributed by atoms with van der Waals surface area (Å²) in [6.07, 6.45) is 3.98. The average Bonchev–Trinajstić information content (AvgIpc) is 3.31. The Morgan fingerprint density at radius 3 is 1.86 bits per heavy atom. The summed E-state index contributed by atoms with van der Waals surface area (Å²) in [6.45, 7) is 2.75. The number of hydrogen-bond donors (Lipinski definition) is 2. The van der Waals surface area contributed by atoms with Crippen molar-refractivity contribution in [1.29, 1.82) is 0 Å². The van der Waals surface area contributed by atoms with Crippen molar-refractivity contribution >= 4 is 5.91 Å². The fourth-order valence-electron chi connectivity index (χ4n) is 7.01. The van der Waals surface area contributed by atoms with Crippen LogP contribution in [-0.2, 0) is 10.4 Å². The summed E-state index contributed by atoms with van der Waals surface area (Å²) in [5.41, 5.74) is 1.96. The Bertz CT molecular complexity index is 1110. The summed E-state index contributed by atoms with van der Waals surface area (Å²) >= 11 is 0. The zero-order chi connectivity index (χ0) is 24.5. The topological polar surface area (TPSA) is 52.6 Å². The Morgan fingerprint density at radius 2 is 1.33 bits per heavy atom. The summed E-state index contributed by atoms with van der Waals surface area (Å²) in [4.78, 5) is 16.1. The first-order valence-electron chi connectivity index (χ1n) is 13.6. The van der Waals surface area contributed by atoms with Gasteiger partial charge in [0, 0.05) is 25.6 Å². The van der Waals surface area contributed by atoms with Gasteiger partial charge in [0.15, 0.2) is 5.60 Å². The fourth-order valence-corrected chi connectivity index (χ4v) is 7.01. The van der Waals surface area contributed by atoms with Crippen LogP contribution in [0.3, 0.4) is 0 Å². The zero-order valence-electron chi connectivity index (χ0n) is 20.8. The van der Waals surface area contributed by atoms with Gasteiger partial charge < -0.3 is 10.4 Å². The largest absolute Gasteiger partial charge is 0.375 e. The van der Waals surface area contributed by atoms with E-state index in [2.05, 4.69) is 70.9 Å². The SMILES string of the molecule is O=C(NCC1C2CN(C(c3ccccc3)c3ccccc3)C[C@H]12)[C@@](O)(c1ccccc1)C1CCCC1. The lowest BCUT2D eigenvalue weighted by Crippen LogP contribution is -2.49. The molecule has 2 N–H and O–H groups in total. The molecule has 1 aliphatic heterocycles. The molecule has 2 aliphatic carbocycles. The second-order valence-corrected chi connectivity index (χ2v) is 11.0. The Morgan fingerprint density at radius 1 is 0.833 bits per heavy atom. The molecule has 186 valence electrons. The number of likely N-dealkylation sites (tertiary alicyclic amines) is 1. The summed E-state index contributed by atoms with van der Waals surface area (Å²) in [6, 6.07) is 31.4. The third-order valence-corrected chi connectivity index (χ3v) is 9.00. The van der Waals surface area contributed by atoms with E-state index >= 15 is 0 Å². The maximum absolute atomic E-state index is 13.5. The van der Waals surface area contributed by atoms with Gasteiger partial charge in [0.1, 0.15) is 0 Å². The molecule has 2 unspecified atom stereocenters. The quantitative estimate of drug-likeness (QED) is 0.469. The predicted octanol–water partition coefficient (Wildman–Crippen LogP) is 5.15. The molecule has 3 aromatic rings. The van der Waals surface area contributed by atoms with E-state index in [4.69, 9.17) is 0 Å². The molecular weight excluding hydrogens is 444 g/mol. The lowest BCUT2D eigenvalue weighted by molar-refractivity contribution is -0.147. The number of amides is 1. The van der Waals surface area contributed by atoms with Crippen LogP contribution in [0.2, 0.25) is 0 Å². The molecule has 1 saturated heterocycles. The lowest BCUT2D eigenvalue weighted by atomic mass is 9.79. The van der Waals surface area contributed by atoms with E-state index in [-0.39, 0.29) is 17.9 Å². The van der Waals surface area contributed by atoms with Gasteiger partial charge in [0.05, 0.1) is 6.04 Å². The molecule has 4 nitrogen and oxygen atoms in total. The van der Waals surface area contributed by atoms with Crippen molar-refractivity contribution in [2.45, 2.75) is 37.3 Å². The maximum Gasteiger partial charge on any atom is 0.256 e. The van der Waals surface area contributed by atoms with Gasteiger partial charge in [-0.3, -0.25) is 9.69 Å². The smallest absolute Gasteiger partial charge is 0.256 e. The number of rotatable bonds is 8. The molecule has 6 rings (SSSR count). The first-order valence-corrected chi connectivity index (χ1v) is 13.6. The summed E-state index contributed by atoms with van der Waals surface area (Å²) in [7, 11) is 0. The molecule has 3 aliphatic rings. The van der Waals surface area contributed by atoms with Crippen LogP contribution >= 0.6 is 0 Å². The summed E-state index contributed by atoms with van der Waals surface area (Å²) in [5, 5.41) is 14.9. The summed E-state index contributed by atoms with van der Waals surface area (Å²) < 4.78 is 0. The van der Waals surface area contributed by atoms with Crippen LogP contribution in [0.1, 0.15) is 48.4 Å². The maximum atomic E-state index is 13.5. The molecule has 0 aromatic heterocycles. The third-order valence-electron chi connectivity index (χ3n) is 9.00. The van der Waals surface area contributed by atoms with E-state index in [0.717, 1.165) is 44.3 Å². The number of fused-ring (bicyclic) bond motifs is 1. The number of carbonyl (C=O) groups excluding carboxylic acids is 1. The van der Waals surface area contributed by atoms with Gasteiger partial charge in [-0.1, -0.05) is 104 Å². The molecule has 1 amide bonds. The second kappa shape index (κ2) is 9.84. The number of benzene rings is 3. The Labute approximate surface area is 214 Å².